The number of aromatic nitrogens is 2. The number of carbonyl (C=O) groups excluding carboxylic acids is 1. The molecule has 0 saturated heterocycles. The van der Waals surface area contributed by atoms with E-state index in [-0.39, 0.29) is 17.2 Å². The lowest BCUT2D eigenvalue weighted by atomic mass is 9.89. The summed E-state index contributed by atoms with van der Waals surface area (Å²) in [6.07, 6.45) is 3.92. The number of carbonyl (C=O) groups is 1. The van der Waals surface area contributed by atoms with Gasteiger partial charge in [-0.25, -0.2) is 4.98 Å². The molecular weight excluding hydrogens is 382 g/mol. The number of nitrogens with zero attached hydrogens (tertiary/aromatic N) is 2. The van der Waals surface area contributed by atoms with Crippen LogP contribution in [0.15, 0.2) is 9.95 Å². The van der Waals surface area contributed by atoms with Crippen molar-refractivity contribution < 1.29 is 9.53 Å². The van der Waals surface area contributed by atoms with E-state index in [1.54, 1.807) is 23.0 Å². The first kappa shape index (κ1) is 20.4. The number of amides is 1. The van der Waals surface area contributed by atoms with Crippen molar-refractivity contribution in [3.63, 3.8) is 0 Å². The number of nitrogens with one attached hydrogen (secondary N) is 1. The highest BCUT2D eigenvalue weighted by molar-refractivity contribution is 7.99. The first-order chi connectivity index (χ1) is 13.0. The molecule has 0 bridgehead atoms. The highest BCUT2D eigenvalue weighted by Gasteiger charge is 2.24. The summed E-state index contributed by atoms with van der Waals surface area (Å²) in [5.74, 6) is 0.870. The van der Waals surface area contributed by atoms with Crippen molar-refractivity contribution in [3.8, 4) is 0 Å². The molecule has 1 aliphatic carbocycles. The molecule has 1 unspecified atom stereocenters. The molecule has 0 radical (unpaired) electrons. The zero-order chi connectivity index (χ0) is 19.4. The summed E-state index contributed by atoms with van der Waals surface area (Å²) >= 11 is 2.99. The molecule has 0 spiro atoms. The number of aryl methyl sites for hydroxylation is 1. The lowest BCUT2D eigenvalue weighted by molar-refractivity contribution is -0.118. The largest absolute Gasteiger partial charge is 0.385 e. The van der Waals surface area contributed by atoms with Crippen LogP contribution in [0.4, 0.5) is 0 Å². The van der Waals surface area contributed by atoms with E-state index >= 15 is 0 Å². The van der Waals surface area contributed by atoms with Gasteiger partial charge in [0.15, 0.2) is 5.16 Å². The summed E-state index contributed by atoms with van der Waals surface area (Å²) in [6.45, 7) is 5.99. The molecule has 1 N–H and O–H groups in total. The van der Waals surface area contributed by atoms with Crippen molar-refractivity contribution >= 4 is 39.2 Å². The molecule has 2 aromatic rings. The van der Waals surface area contributed by atoms with Gasteiger partial charge >= 0.3 is 0 Å². The zero-order valence-electron chi connectivity index (χ0n) is 16.2. The van der Waals surface area contributed by atoms with Crippen molar-refractivity contribution in [1.82, 2.24) is 14.9 Å². The number of fused-ring (bicyclic) bond motifs is 3. The lowest BCUT2D eigenvalue weighted by Gasteiger charge is -2.17. The van der Waals surface area contributed by atoms with Crippen LogP contribution in [0.5, 0.6) is 0 Å². The average molecular weight is 410 g/mol. The fraction of sp³-hybridized carbons (Fsp3) is 0.632. The van der Waals surface area contributed by atoms with Crippen LogP contribution in [-0.4, -0.2) is 41.5 Å². The predicted molar refractivity (Wildman–Crippen MR) is 111 cm³/mol. The van der Waals surface area contributed by atoms with E-state index in [0.717, 1.165) is 35.9 Å². The molecular formula is C19H27N3O3S2. The molecule has 1 atom stereocenters. The molecule has 8 heteroatoms. The van der Waals surface area contributed by atoms with Gasteiger partial charge in [0.2, 0.25) is 5.91 Å². The van der Waals surface area contributed by atoms with Crippen LogP contribution < -0.4 is 10.9 Å². The number of thiophene rings is 1. The Bertz CT molecular complexity index is 875. The SMILES string of the molecule is CCn1c(SCC(=O)NCCCOC)nc2sc3c(c2c1=O)CCC(C)C3. The Balaban J connectivity index is 1.79. The summed E-state index contributed by atoms with van der Waals surface area (Å²) in [6, 6.07) is 0. The van der Waals surface area contributed by atoms with E-state index in [1.807, 2.05) is 6.92 Å². The van der Waals surface area contributed by atoms with E-state index < -0.39 is 0 Å². The maximum atomic E-state index is 13.1. The highest BCUT2D eigenvalue weighted by Crippen LogP contribution is 2.36. The zero-order valence-corrected chi connectivity index (χ0v) is 17.8. The van der Waals surface area contributed by atoms with Crippen molar-refractivity contribution in [1.29, 1.82) is 0 Å². The van der Waals surface area contributed by atoms with Gasteiger partial charge in [-0.1, -0.05) is 18.7 Å². The summed E-state index contributed by atoms with van der Waals surface area (Å²) in [5.41, 5.74) is 1.25. The number of hydrogen-bond donors (Lipinski definition) is 1. The van der Waals surface area contributed by atoms with Gasteiger partial charge in [-0.15, -0.1) is 11.3 Å². The van der Waals surface area contributed by atoms with Crippen LogP contribution >= 0.6 is 23.1 Å². The third-order valence-electron chi connectivity index (χ3n) is 4.88. The Kier molecular flexibility index (Phi) is 6.94. The van der Waals surface area contributed by atoms with Crippen LogP contribution in [0.25, 0.3) is 10.2 Å². The fourth-order valence-electron chi connectivity index (χ4n) is 3.42. The second-order valence-corrected chi connectivity index (χ2v) is 8.99. The van der Waals surface area contributed by atoms with Gasteiger partial charge in [0.1, 0.15) is 4.83 Å². The number of methoxy groups -OCH3 is 1. The minimum Gasteiger partial charge on any atom is -0.385 e. The molecule has 148 valence electrons. The normalized spacial score (nSPS) is 16.5. The number of hydrogen-bond acceptors (Lipinski definition) is 6. The summed E-state index contributed by atoms with van der Waals surface area (Å²) in [7, 11) is 1.65. The number of rotatable bonds is 8. The summed E-state index contributed by atoms with van der Waals surface area (Å²) in [5, 5.41) is 4.31. The van der Waals surface area contributed by atoms with Crippen LogP contribution in [0.1, 0.15) is 37.1 Å². The molecule has 2 aromatic heterocycles. The quantitative estimate of drug-likeness (QED) is 0.412. The smallest absolute Gasteiger partial charge is 0.263 e. The summed E-state index contributed by atoms with van der Waals surface area (Å²) in [4.78, 5) is 32.0. The topological polar surface area (TPSA) is 73.2 Å². The van der Waals surface area contributed by atoms with Crippen molar-refractivity contribution in [2.45, 2.75) is 51.2 Å². The third-order valence-corrected chi connectivity index (χ3v) is 7.00. The minimum absolute atomic E-state index is 0.0394. The molecule has 0 aromatic carbocycles. The van der Waals surface area contributed by atoms with Gasteiger partial charge in [-0.3, -0.25) is 14.2 Å². The fourth-order valence-corrected chi connectivity index (χ4v) is 5.74. The molecule has 27 heavy (non-hydrogen) atoms. The molecule has 1 aliphatic rings. The molecule has 3 rings (SSSR count). The van der Waals surface area contributed by atoms with E-state index in [2.05, 4.69) is 12.2 Å². The Morgan fingerprint density at radius 3 is 3.04 bits per heavy atom. The molecule has 2 heterocycles. The van der Waals surface area contributed by atoms with Gasteiger partial charge < -0.3 is 10.1 Å². The Morgan fingerprint density at radius 2 is 2.30 bits per heavy atom. The lowest BCUT2D eigenvalue weighted by Crippen LogP contribution is -2.28. The Morgan fingerprint density at radius 1 is 1.48 bits per heavy atom. The second kappa shape index (κ2) is 9.21. The Labute approximate surface area is 167 Å². The van der Waals surface area contributed by atoms with Gasteiger partial charge in [0.25, 0.3) is 5.56 Å². The molecule has 0 saturated carbocycles. The number of thioether (sulfide) groups is 1. The van der Waals surface area contributed by atoms with Crippen molar-refractivity contribution in [3.05, 3.63) is 20.8 Å². The van der Waals surface area contributed by atoms with Crippen molar-refractivity contribution in [2.24, 2.45) is 5.92 Å². The first-order valence-electron chi connectivity index (χ1n) is 9.48. The van der Waals surface area contributed by atoms with Crippen LogP contribution in [-0.2, 0) is 28.9 Å². The number of ether oxygens (including phenoxy) is 1. The van der Waals surface area contributed by atoms with E-state index in [1.165, 1.54) is 22.2 Å². The Hall–Kier alpha value is -1.38. The van der Waals surface area contributed by atoms with Crippen LogP contribution in [0.2, 0.25) is 0 Å². The summed E-state index contributed by atoms with van der Waals surface area (Å²) < 4.78 is 6.68. The molecule has 0 aliphatic heterocycles. The van der Waals surface area contributed by atoms with Crippen LogP contribution in [0, 0.1) is 5.92 Å². The maximum absolute atomic E-state index is 13.1. The van der Waals surface area contributed by atoms with Crippen LogP contribution in [0.3, 0.4) is 0 Å². The predicted octanol–water partition coefficient (Wildman–Crippen LogP) is 2.85. The van der Waals surface area contributed by atoms with Gasteiger partial charge in [-0.05, 0) is 44.1 Å². The molecule has 1 amide bonds. The first-order valence-corrected chi connectivity index (χ1v) is 11.3. The van der Waals surface area contributed by atoms with E-state index in [9.17, 15) is 9.59 Å². The monoisotopic (exact) mass is 409 g/mol. The third kappa shape index (κ3) is 4.55. The standard InChI is InChI=1S/C19H27N3O3S2/c1-4-22-18(24)16-13-7-6-12(2)10-14(13)27-17(16)21-19(22)26-11-15(23)20-8-5-9-25-3/h12H,4-11H2,1-3H3,(H,20,23). The van der Waals surface area contributed by atoms with Gasteiger partial charge in [0.05, 0.1) is 11.1 Å². The van der Waals surface area contributed by atoms with Crippen molar-refractivity contribution in [2.75, 3.05) is 26.0 Å². The van der Waals surface area contributed by atoms with Gasteiger partial charge in [-0.2, -0.15) is 0 Å². The maximum Gasteiger partial charge on any atom is 0.263 e. The van der Waals surface area contributed by atoms with Gasteiger partial charge in [0, 0.05) is 31.7 Å². The second-order valence-electron chi connectivity index (χ2n) is 6.96. The minimum atomic E-state index is -0.0487. The highest BCUT2D eigenvalue weighted by atomic mass is 32.2. The molecule has 0 fully saturated rings. The molecule has 6 nitrogen and oxygen atoms in total. The average Bonchev–Trinajstić information content (AvgIpc) is 3.01. The van der Waals surface area contributed by atoms with E-state index in [0.29, 0.717) is 30.8 Å². The van der Waals surface area contributed by atoms with E-state index in [4.69, 9.17) is 9.72 Å².